The molecule has 0 bridgehead atoms. The Balaban J connectivity index is 2.22. The largest absolute Gasteiger partial charge is 0.493 e. The maximum Gasteiger partial charge on any atom is 0.255 e. The van der Waals surface area contributed by atoms with Gasteiger partial charge in [0.1, 0.15) is 0 Å². The Bertz CT molecular complexity index is 696. The zero-order valence-electron chi connectivity index (χ0n) is 13.6. The molecule has 23 heavy (non-hydrogen) atoms. The minimum absolute atomic E-state index is 0.259. The summed E-state index contributed by atoms with van der Waals surface area (Å²) in [6, 6.07) is 10.9. The van der Waals surface area contributed by atoms with Gasteiger partial charge in [-0.1, -0.05) is 37.6 Å². The second-order valence-electron chi connectivity index (χ2n) is 5.42. The van der Waals surface area contributed by atoms with Crippen LogP contribution in [0.2, 0.25) is 5.02 Å². The minimum Gasteiger partial charge on any atom is -0.493 e. The highest BCUT2D eigenvalue weighted by molar-refractivity contribution is 6.32. The first-order valence-corrected chi connectivity index (χ1v) is 7.67. The molecule has 0 saturated carbocycles. The van der Waals surface area contributed by atoms with Gasteiger partial charge in [0.05, 0.1) is 19.2 Å². The Morgan fingerprint density at radius 1 is 1.09 bits per heavy atom. The Morgan fingerprint density at radius 2 is 1.74 bits per heavy atom. The molecular formula is C18H20ClNO3. The number of rotatable bonds is 5. The van der Waals surface area contributed by atoms with Crippen LogP contribution in [0.15, 0.2) is 36.4 Å². The van der Waals surface area contributed by atoms with Crippen LogP contribution in [0.25, 0.3) is 0 Å². The van der Waals surface area contributed by atoms with E-state index in [4.69, 9.17) is 21.1 Å². The molecule has 0 fully saturated rings. The van der Waals surface area contributed by atoms with E-state index in [9.17, 15) is 4.79 Å². The molecular weight excluding hydrogens is 314 g/mol. The van der Waals surface area contributed by atoms with Crippen molar-refractivity contribution in [2.24, 2.45) is 0 Å². The van der Waals surface area contributed by atoms with Crippen LogP contribution >= 0.6 is 11.6 Å². The first kappa shape index (κ1) is 17.2. The fourth-order valence-corrected chi connectivity index (χ4v) is 2.49. The number of carbonyl (C=O) groups is 1. The van der Waals surface area contributed by atoms with Crippen LogP contribution in [-0.4, -0.2) is 20.1 Å². The molecule has 4 nitrogen and oxygen atoms in total. The average Bonchev–Trinajstić information content (AvgIpc) is 2.54. The molecule has 0 aliphatic heterocycles. The maximum atomic E-state index is 12.4. The van der Waals surface area contributed by atoms with Crippen LogP contribution in [0.4, 0.5) is 5.69 Å². The van der Waals surface area contributed by atoms with E-state index < -0.39 is 0 Å². The first-order valence-electron chi connectivity index (χ1n) is 7.29. The lowest BCUT2D eigenvalue weighted by Crippen LogP contribution is -2.12. The molecule has 0 atom stereocenters. The van der Waals surface area contributed by atoms with Crippen molar-refractivity contribution in [2.45, 2.75) is 19.8 Å². The van der Waals surface area contributed by atoms with Crippen LogP contribution in [0.3, 0.4) is 0 Å². The molecule has 2 aromatic carbocycles. The van der Waals surface area contributed by atoms with Gasteiger partial charge in [-0.3, -0.25) is 4.79 Å². The topological polar surface area (TPSA) is 47.6 Å². The fourth-order valence-electron chi connectivity index (χ4n) is 2.20. The normalized spacial score (nSPS) is 10.5. The zero-order chi connectivity index (χ0) is 17.0. The van der Waals surface area contributed by atoms with Crippen LogP contribution in [-0.2, 0) is 0 Å². The second kappa shape index (κ2) is 7.38. The van der Waals surface area contributed by atoms with E-state index in [0.29, 0.717) is 28.0 Å². The summed E-state index contributed by atoms with van der Waals surface area (Å²) in [4.78, 5) is 12.4. The van der Waals surface area contributed by atoms with E-state index in [1.165, 1.54) is 19.8 Å². The Labute approximate surface area is 141 Å². The molecule has 122 valence electrons. The van der Waals surface area contributed by atoms with Gasteiger partial charge in [0.25, 0.3) is 5.91 Å². The van der Waals surface area contributed by atoms with Gasteiger partial charge in [-0.05, 0) is 35.7 Å². The van der Waals surface area contributed by atoms with Gasteiger partial charge in [-0.2, -0.15) is 0 Å². The molecule has 0 heterocycles. The van der Waals surface area contributed by atoms with Crippen molar-refractivity contribution in [2.75, 3.05) is 19.5 Å². The molecule has 0 aliphatic rings. The molecule has 0 aromatic heterocycles. The number of amides is 1. The minimum atomic E-state index is -0.259. The van der Waals surface area contributed by atoms with Crippen molar-refractivity contribution in [3.05, 3.63) is 52.5 Å². The van der Waals surface area contributed by atoms with Crippen molar-refractivity contribution in [3.63, 3.8) is 0 Å². The molecule has 2 aromatic rings. The Kier molecular flexibility index (Phi) is 5.50. The molecule has 2 rings (SSSR count). The summed E-state index contributed by atoms with van der Waals surface area (Å²) in [6.07, 6.45) is 0. The summed E-state index contributed by atoms with van der Waals surface area (Å²) in [7, 11) is 3.00. The van der Waals surface area contributed by atoms with Crippen LogP contribution < -0.4 is 14.8 Å². The number of ether oxygens (including phenoxy) is 2. The van der Waals surface area contributed by atoms with E-state index >= 15 is 0 Å². The van der Waals surface area contributed by atoms with E-state index in [-0.39, 0.29) is 5.91 Å². The lowest BCUT2D eigenvalue weighted by Gasteiger charge is -2.12. The van der Waals surface area contributed by atoms with Gasteiger partial charge in [-0.15, -0.1) is 0 Å². The summed E-state index contributed by atoms with van der Waals surface area (Å²) in [5.74, 6) is 1.02. The molecule has 5 heteroatoms. The van der Waals surface area contributed by atoms with Gasteiger partial charge in [0.2, 0.25) is 0 Å². The van der Waals surface area contributed by atoms with E-state index in [2.05, 4.69) is 19.2 Å². The number of hydrogen-bond acceptors (Lipinski definition) is 3. The third-order valence-electron chi connectivity index (χ3n) is 3.53. The number of methoxy groups -OCH3 is 2. The van der Waals surface area contributed by atoms with Gasteiger partial charge in [0, 0.05) is 11.3 Å². The monoisotopic (exact) mass is 333 g/mol. The Morgan fingerprint density at radius 3 is 2.26 bits per heavy atom. The van der Waals surface area contributed by atoms with Crippen molar-refractivity contribution >= 4 is 23.2 Å². The SMILES string of the molecule is COc1cc(C(=O)Nc2ccc(C(C)C)cc2)cc(Cl)c1OC. The highest BCUT2D eigenvalue weighted by Gasteiger charge is 2.15. The smallest absolute Gasteiger partial charge is 0.255 e. The number of halogens is 1. The third kappa shape index (κ3) is 3.96. The van der Waals surface area contributed by atoms with Gasteiger partial charge >= 0.3 is 0 Å². The van der Waals surface area contributed by atoms with Crippen LogP contribution in [0.5, 0.6) is 11.5 Å². The number of hydrogen-bond donors (Lipinski definition) is 1. The van der Waals surface area contributed by atoms with Gasteiger partial charge < -0.3 is 14.8 Å². The van der Waals surface area contributed by atoms with Crippen molar-refractivity contribution in [3.8, 4) is 11.5 Å². The van der Waals surface area contributed by atoms with Crippen molar-refractivity contribution in [1.82, 2.24) is 0 Å². The summed E-state index contributed by atoms with van der Waals surface area (Å²) in [6.45, 7) is 4.25. The predicted molar refractivity (Wildman–Crippen MR) is 93.0 cm³/mol. The quantitative estimate of drug-likeness (QED) is 0.860. The summed E-state index contributed by atoms with van der Waals surface area (Å²) in [5, 5.41) is 3.17. The summed E-state index contributed by atoms with van der Waals surface area (Å²) in [5.41, 5.74) is 2.35. The molecule has 0 radical (unpaired) electrons. The molecule has 0 unspecified atom stereocenters. The lowest BCUT2D eigenvalue weighted by molar-refractivity contribution is 0.102. The summed E-state index contributed by atoms with van der Waals surface area (Å²) < 4.78 is 10.4. The molecule has 1 amide bonds. The molecule has 0 spiro atoms. The maximum absolute atomic E-state index is 12.4. The lowest BCUT2D eigenvalue weighted by atomic mass is 10.0. The molecule has 0 saturated heterocycles. The van der Waals surface area contributed by atoms with Crippen LogP contribution in [0.1, 0.15) is 35.7 Å². The zero-order valence-corrected chi connectivity index (χ0v) is 14.4. The first-order chi connectivity index (χ1) is 11.0. The number of carbonyl (C=O) groups excluding carboxylic acids is 1. The summed E-state index contributed by atoms with van der Waals surface area (Å²) >= 11 is 6.13. The number of anilines is 1. The van der Waals surface area contributed by atoms with E-state index in [1.54, 1.807) is 12.1 Å². The van der Waals surface area contributed by atoms with Gasteiger partial charge in [-0.25, -0.2) is 0 Å². The highest BCUT2D eigenvalue weighted by Crippen LogP contribution is 2.36. The standard InChI is InChI=1S/C18H20ClNO3/c1-11(2)12-5-7-14(8-6-12)20-18(21)13-9-15(19)17(23-4)16(10-13)22-3/h5-11H,1-4H3,(H,20,21). The predicted octanol–water partition coefficient (Wildman–Crippen LogP) is 4.73. The fraction of sp³-hybridized carbons (Fsp3) is 0.278. The Hall–Kier alpha value is -2.20. The number of nitrogens with one attached hydrogen (secondary N) is 1. The molecule has 0 aliphatic carbocycles. The third-order valence-corrected chi connectivity index (χ3v) is 3.81. The van der Waals surface area contributed by atoms with Crippen molar-refractivity contribution in [1.29, 1.82) is 0 Å². The molecule has 1 N–H and O–H groups in total. The van der Waals surface area contributed by atoms with Crippen molar-refractivity contribution < 1.29 is 14.3 Å². The second-order valence-corrected chi connectivity index (χ2v) is 5.83. The van der Waals surface area contributed by atoms with Gasteiger partial charge in [0.15, 0.2) is 11.5 Å². The van der Waals surface area contributed by atoms with Crippen LogP contribution in [0, 0.1) is 0 Å². The van der Waals surface area contributed by atoms with E-state index in [0.717, 1.165) is 5.69 Å². The van der Waals surface area contributed by atoms with E-state index in [1.807, 2.05) is 24.3 Å². The number of benzene rings is 2. The average molecular weight is 334 g/mol. The highest BCUT2D eigenvalue weighted by atomic mass is 35.5.